The molecule has 0 saturated carbocycles. The number of fused-ring (bicyclic) bond motifs is 1. The lowest BCUT2D eigenvalue weighted by molar-refractivity contribution is -0.135. The van der Waals surface area contributed by atoms with Crippen molar-refractivity contribution in [1.82, 2.24) is 24.7 Å². The summed E-state index contributed by atoms with van der Waals surface area (Å²) in [5.74, 6) is -0.719. The number of hydrogen-bond donors (Lipinski definition) is 3. The number of primary amides is 1. The molecule has 0 radical (unpaired) electrons. The van der Waals surface area contributed by atoms with E-state index in [0.717, 1.165) is 24.8 Å². The minimum absolute atomic E-state index is 0.0263. The molecule has 222 valence electrons. The molecule has 1 unspecified atom stereocenters. The average molecular weight is 566 g/mol. The zero-order valence-electron chi connectivity index (χ0n) is 24.4. The first-order valence-corrected chi connectivity index (χ1v) is 14.3. The van der Waals surface area contributed by atoms with Gasteiger partial charge in [0.15, 0.2) is 0 Å². The number of nitrogens with two attached hydrogens (primary N) is 1. The number of rotatable bonds is 16. The minimum Gasteiger partial charge on any atom is -0.368 e. The fourth-order valence-electron chi connectivity index (χ4n) is 4.85. The molecule has 1 aliphatic rings. The van der Waals surface area contributed by atoms with Crippen molar-refractivity contribution in [2.75, 3.05) is 45.6 Å². The monoisotopic (exact) mass is 565 g/mol. The zero-order valence-corrected chi connectivity index (χ0v) is 24.4. The third kappa shape index (κ3) is 9.56. The maximum absolute atomic E-state index is 13.8. The van der Waals surface area contributed by atoms with Crippen molar-refractivity contribution in [3.8, 4) is 0 Å². The summed E-state index contributed by atoms with van der Waals surface area (Å²) in [7, 11) is 3.76. The van der Waals surface area contributed by atoms with E-state index in [9.17, 15) is 19.2 Å². The van der Waals surface area contributed by atoms with Crippen LogP contribution < -0.4 is 11.1 Å². The Morgan fingerprint density at radius 1 is 1.20 bits per heavy atom. The molecule has 3 rings (SSSR count). The van der Waals surface area contributed by atoms with Crippen molar-refractivity contribution in [3.63, 3.8) is 0 Å². The number of aromatic nitrogens is 2. The number of nitrogens with one attached hydrogen (secondary N) is 2. The molecule has 1 aliphatic heterocycles. The van der Waals surface area contributed by atoms with Crippen LogP contribution in [0.1, 0.15) is 73.2 Å². The second kappa shape index (κ2) is 15.7. The molecule has 11 nitrogen and oxygen atoms in total. The molecule has 1 atom stereocenters. The lowest BCUT2D eigenvalue weighted by Crippen LogP contribution is -2.45. The van der Waals surface area contributed by atoms with E-state index < -0.39 is 5.91 Å². The number of imidazole rings is 1. The third-order valence-electron chi connectivity index (χ3n) is 7.07. The number of benzene rings is 1. The number of amides is 4. The normalized spacial score (nSPS) is 14.9. The summed E-state index contributed by atoms with van der Waals surface area (Å²) in [6.07, 6.45) is 12.7. The number of unbranched alkanes of at least 4 members (excludes halogenated alkanes) is 4. The van der Waals surface area contributed by atoms with E-state index in [1.54, 1.807) is 29.4 Å². The molecule has 0 aliphatic carbocycles. The van der Waals surface area contributed by atoms with Gasteiger partial charge in [-0.15, -0.1) is 0 Å². The Labute approximate surface area is 242 Å². The molecular weight excluding hydrogens is 522 g/mol. The molecule has 0 saturated heterocycles. The number of carbonyl (C=O) groups is 4. The Kier molecular flexibility index (Phi) is 12.1. The van der Waals surface area contributed by atoms with Gasteiger partial charge in [-0.2, -0.15) is 0 Å². The number of hydrogen-bond acceptors (Lipinski definition) is 6. The van der Waals surface area contributed by atoms with E-state index in [-0.39, 0.29) is 43.3 Å². The molecule has 41 heavy (non-hydrogen) atoms. The van der Waals surface area contributed by atoms with Crippen LogP contribution in [0.4, 0.5) is 5.69 Å². The van der Waals surface area contributed by atoms with Gasteiger partial charge in [-0.1, -0.05) is 38.3 Å². The number of anilines is 1. The van der Waals surface area contributed by atoms with Crippen LogP contribution in [0.15, 0.2) is 42.7 Å². The predicted molar refractivity (Wildman–Crippen MR) is 158 cm³/mol. The fourth-order valence-corrected chi connectivity index (χ4v) is 4.85. The topological polar surface area (TPSA) is 145 Å². The average Bonchev–Trinajstić information content (AvgIpc) is 3.47. The van der Waals surface area contributed by atoms with Crippen LogP contribution in [0.25, 0.3) is 0 Å². The van der Waals surface area contributed by atoms with Gasteiger partial charge in [0.05, 0.1) is 12.6 Å². The first kappa shape index (κ1) is 31.5. The maximum atomic E-state index is 13.8. The zero-order chi connectivity index (χ0) is 29.8. The lowest BCUT2D eigenvalue weighted by Gasteiger charge is -2.36. The van der Waals surface area contributed by atoms with Crippen molar-refractivity contribution >= 4 is 29.3 Å². The van der Waals surface area contributed by atoms with Gasteiger partial charge in [-0.25, -0.2) is 4.98 Å². The molecule has 0 spiro atoms. The van der Waals surface area contributed by atoms with E-state index in [0.29, 0.717) is 36.6 Å². The number of allylic oxidation sites excluding steroid dienone is 1. The van der Waals surface area contributed by atoms with Gasteiger partial charge < -0.3 is 30.7 Å². The largest absolute Gasteiger partial charge is 0.368 e. The van der Waals surface area contributed by atoms with Crippen molar-refractivity contribution in [1.29, 1.82) is 0 Å². The highest BCUT2D eigenvalue weighted by molar-refractivity contribution is 6.02. The quantitative estimate of drug-likeness (QED) is 0.211. The highest BCUT2D eigenvalue weighted by Crippen LogP contribution is 2.33. The van der Waals surface area contributed by atoms with Crippen LogP contribution in [0.2, 0.25) is 0 Å². The molecule has 2 heterocycles. The summed E-state index contributed by atoms with van der Waals surface area (Å²) in [6.45, 7) is 3.05. The van der Waals surface area contributed by atoms with Crippen LogP contribution in [0, 0.1) is 0 Å². The summed E-state index contributed by atoms with van der Waals surface area (Å²) in [5.41, 5.74) is 7.22. The maximum Gasteiger partial charge on any atom is 0.254 e. The van der Waals surface area contributed by atoms with Gasteiger partial charge in [0.25, 0.3) is 5.91 Å². The van der Waals surface area contributed by atoms with Gasteiger partial charge in [-0.3, -0.25) is 19.2 Å². The number of likely N-dealkylation sites (N-methyl/N-ethyl adjacent to an activating group) is 1. The molecular formula is C30H43N7O4. The molecule has 1 aromatic carbocycles. The van der Waals surface area contributed by atoms with E-state index in [1.807, 2.05) is 31.1 Å². The molecule has 0 bridgehead atoms. The molecule has 4 amide bonds. The second-order valence-electron chi connectivity index (χ2n) is 10.6. The molecule has 4 N–H and O–H groups in total. The van der Waals surface area contributed by atoms with Gasteiger partial charge in [0, 0.05) is 56.1 Å². The fraction of sp³-hybridized carbons (Fsp3) is 0.500. The molecule has 0 fully saturated rings. The van der Waals surface area contributed by atoms with E-state index in [2.05, 4.69) is 22.2 Å². The third-order valence-corrected chi connectivity index (χ3v) is 7.07. The Morgan fingerprint density at radius 3 is 2.68 bits per heavy atom. The van der Waals surface area contributed by atoms with Crippen molar-refractivity contribution in [2.45, 2.75) is 57.9 Å². The Morgan fingerprint density at radius 2 is 2.00 bits per heavy atom. The van der Waals surface area contributed by atoms with Gasteiger partial charge in [-0.05, 0) is 50.7 Å². The van der Waals surface area contributed by atoms with Gasteiger partial charge in [0.2, 0.25) is 17.7 Å². The van der Waals surface area contributed by atoms with Crippen LogP contribution >= 0.6 is 0 Å². The second-order valence-corrected chi connectivity index (χ2v) is 10.6. The summed E-state index contributed by atoms with van der Waals surface area (Å²) >= 11 is 0. The van der Waals surface area contributed by atoms with Crippen LogP contribution in [-0.2, 0) is 20.8 Å². The highest BCUT2D eigenvalue weighted by atomic mass is 16.2. The molecule has 2 aromatic rings. The smallest absolute Gasteiger partial charge is 0.254 e. The predicted octanol–water partition coefficient (Wildman–Crippen LogP) is 2.88. The Bertz CT molecular complexity index is 1210. The van der Waals surface area contributed by atoms with Crippen LogP contribution in [-0.4, -0.2) is 88.6 Å². The number of carbonyl (C=O) groups excluding carboxylic acids is 4. The SMILES string of the molecule is CCCCCC/C=C/C(=O)Nc1ccc2c(c1)C(=O)N(CCC(=O)N(CCN(C)C)CC(N)=O)C(c1ncc[nH]1)C2. The van der Waals surface area contributed by atoms with Crippen LogP contribution in [0.5, 0.6) is 0 Å². The minimum atomic E-state index is -0.588. The summed E-state index contributed by atoms with van der Waals surface area (Å²) in [4.78, 5) is 63.4. The number of nitrogens with zero attached hydrogens (tertiary/aromatic N) is 4. The van der Waals surface area contributed by atoms with E-state index in [1.165, 1.54) is 23.8 Å². The highest BCUT2D eigenvalue weighted by Gasteiger charge is 2.35. The first-order valence-electron chi connectivity index (χ1n) is 14.3. The van der Waals surface area contributed by atoms with E-state index >= 15 is 0 Å². The lowest BCUT2D eigenvalue weighted by atomic mass is 9.92. The van der Waals surface area contributed by atoms with Crippen molar-refractivity contribution < 1.29 is 19.2 Å². The van der Waals surface area contributed by atoms with Crippen molar-refractivity contribution in [2.24, 2.45) is 5.73 Å². The standard InChI is InChI=1S/C30H43N7O4/c1-4-5-6-7-8-9-10-27(39)34-23-12-11-22-19-25(29-32-14-15-33-29)37(30(41)24(22)20-23)16-13-28(40)36(21-26(31)38)18-17-35(2)3/h9-12,14-15,20,25H,4-8,13,16-19,21H2,1-3H3,(H2,31,38)(H,32,33)(H,34,39)/b10-9+. The summed E-state index contributed by atoms with van der Waals surface area (Å²) < 4.78 is 0. The molecule has 11 heteroatoms. The summed E-state index contributed by atoms with van der Waals surface area (Å²) in [6, 6.07) is 4.95. The van der Waals surface area contributed by atoms with Crippen LogP contribution in [0.3, 0.4) is 0 Å². The van der Waals surface area contributed by atoms with Crippen molar-refractivity contribution in [3.05, 3.63) is 59.7 Å². The summed E-state index contributed by atoms with van der Waals surface area (Å²) in [5, 5.41) is 2.85. The Balaban J connectivity index is 1.73. The van der Waals surface area contributed by atoms with Gasteiger partial charge in [0.1, 0.15) is 5.82 Å². The Hall–Kier alpha value is -3.99. The first-order chi connectivity index (χ1) is 19.7. The van der Waals surface area contributed by atoms with E-state index in [4.69, 9.17) is 5.73 Å². The van der Waals surface area contributed by atoms with Gasteiger partial charge >= 0.3 is 0 Å². The number of aromatic amines is 1. The molecule has 1 aromatic heterocycles. The number of H-pyrrole nitrogens is 1.